The van der Waals surface area contributed by atoms with Crippen molar-refractivity contribution in [1.29, 1.82) is 0 Å². The van der Waals surface area contributed by atoms with E-state index in [0.29, 0.717) is 6.54 Å². The lowest BCUT2D eigenvalue weighted by Crippen LogP contribution is -2.57. The van der Waals surface area contributed by atoms with Gasteiger partial charge in [0.2, 0.25) is 11.0 Å². The zero-order valence-corrected chi connectivity index (χ0v) is 11.1. The molecular weight excluding hydrogens is 238 g/mol. The summed E-state index contributed by atoms with van der Waals surface area (Å²) in [5, 5.41) is 13.1. The zero-order chi connectivity index (χ0) is 12.4. The highest BCUT2D eigenvalue weighted by Gasteiger charge is 2.31. The van der Waals surface area contributed by atoms with Crippen LogP contribution in [0.3, 0.4) is 0 Å². The van der Waals surface area contributed by atoms with Crippen molar-refractivity contribution in [2.45, 2.75) is 13.0 Å². The number of amides is 1. The zero-order valence-electron chi connectivity index (χ0n) is 10.3. The first-order valence-corrected chi connectivity index (χ1v) is 6.40. The van der Waals surface area contributed by atoms with Gasteiger partial charge in [-0.15, -0.1) is 10.2 Å². The van der Waals surface area contributed by atoms with Crippen molar-refractivity contribution < 1.29 is 4.79 Å². The minimum absolute atomic E-state index is 0.102. The third kappa shape index (κ3) is 2.55. The van der Waals surface area contributed by atoms with E-state index in [0.717, 1.165) is 23.2 Å². The van der Waals surface area contributed by atoms with E-state index in [9.17, 15) is 4.79 Å². The molecule has 17 heavy (non-hydrogen) atoms. The minimum Gasteiger partial charge on any atom is -0.347 e. The fourth-order valence-electron chi connectivity index (χ4n) is 1.85. The first kappa shape index (κ1) is 12.3. The quantitative estimate of drug-likeness (QED) is 0.787. The van der Waals surface area contributed by atoms with Gasteiger partial charge in [-0.25, -0.2) is 0 Å². The van der Waals surface area contributed by atoms with Crippen LogP contribution in [0.25, 0.3) is 0 Å². The van der Waals surface area contributed by atoms with Crippen LogP contribution in [0.2, 0.25) is 0 Å². The van der Waals surface area contributed by atoms with E-state index in [2.05, 4.69) is 15.5 Å². The maximum absolute atomic E-state index is 12.1. The molecule has 0 saturated carbocycles. The van der Waals surface area contributed by atoms with Crippen molar-refractivity contribution in [3.05, 3.63) is 5.01 Å². The molecule has 0 aromatic carbocycles. The van der Waals surface area contributed by atoms with Gasteiger partial charge in [0.15, 0.2) is 0 Å². The summed E-state index contributed by atoms with van der Waals surface area (Å²) < 4.78 is 0. The molecule has 1 saturated heterocycles. The van der Waals surface area contributed by atoms with E-state index in [1.807, 2.05) is 11.8 Å². The summed E-state index contributed by atoms with van der Waals surface area (Å²) in [5.41, 5.74) is 0. The summed E-state index contributed by atoms with van der Waals surface area (Å²) in [4.78, 5) is 15.8. The number of rotatable bonds is 2. The Labute approximate surface area is 105 Å². The summed E-state index contributed by atoms with van der Waals surface area (Å²) in [7, 11) is 3.56. The highest BCUT2D eigenvalue weighted by Crippen LogP contribution is 2.23. The van der Waals surface area contributed by atoms with Gasteiger partial charge in [-0.1, -0.05) is 11.3 Å². The van der Waals surface area contributed by atoms with Gasteiger partial charge in [-0.2, -0.15) is 0 Å². The third-order valence-corrected chi connectivity index (χ3v) is 3.61. The Morgan fingerprint density at radius 1 is 1.53 bits per heavy atom. The first-order valence-electron chi connectivity index (χ1n) is 5.58. The second kappa shape index (κ2) is 4.97. The van der Waals surface area contributed by atoms with Crippen LogP contribution < -0.4 is 10.2 Å². The number of carbonyl (C=O) groups excluding carboxylic acids is 1. The van der Waals surface area contributed by atoms with Gasteiger partial charge in [0, 0.05) is 33.7 Å². The smallest absolute Gasteiger partial charge is 0.246 e. The number of nitrogens with zero attached hydrogens (tertiary/aromatic N) is 4. The Morgan fingerprint density at radius 2 is 2.29 bits per heavy atom. The number of nitrogens with one attached hydrogen (secondary N) is 1. The molecule has 0 spiro atoms. The van der Waals surface area contributed by atoms with E-state index in [-0.39, 0.29) is 11.9 Å². The molecule has 94 valence electrons. The molecule has 1 aromatic rings. The fraction of sp³-hybridized carbons (Fsp3) is 0.700. The van der Waals surface area contributed by atoms with Crippen LogP contribution in [-0.2, 0) is 4.79 Å². The molecule has 1 aliphatic rings. The highest BCUT2D eigenvalue weighted by atomic mass is 32.1. The SMILES string of the molecule is Cc1nnc(N2CCNCC2C(=O)N(C)C)s1. The molecule has 0 bridgehead atoms. The van der Waals surface area contributed by atoms with Crippen molar-refractivity contribution in [3.63, 3.8) is 0 Å². The monoisotopic (exact) mass is 255 g/mol. The second-order valence-corrected chi connectivity index (χ2v) is 5.41. The molecule has 0 radical (unpaired) electrons. The molecule has 0 aliphatic carbocycles. The molecule has 2 rings (SSSR count). The average molecular weight is 255 g/mol. The van der Waals surface area contributed by atoms with E-state index < -0.39 is 0 Å². The minimum atomic E-state index is -0.175. The normalized spacial score (nSPS) is 20.4. The lowest BCUT2D eigenvalue weighted by Gasteiger charge is -2.35. The lowest BCUT2D eigenvalue weighted by molar-refractivity contribution is -0.130. The summed E-state index contributed by atoms with van der Waals surface area (Å²) in [5.74, 6) is 0.102. The molecule has 6 nitrogen and oxygen atoms in total. The lowest BCUT2D eigenvalue weighted by atomic mass is 10.2. The molecular formula is C10H17N5OS. The van der Waals surface area contributed by atoms with Crippen molar-refractivity contribution in [2.75, 3.05) is 38.6 Å². The molecule has 1 aliphatic heterocycles. The molecule has 2 heterocycles. The predicted molar refractivity (Wildman–Crippen MR) is 67.3 cm³/mol. The van der Waals surface area contributed by atoms with Gasteiger partial charge in [-0.05, 0) is 6.92 Å². The fourth-order valence-corrected chi connectivity index (χ4v) is 2.62. The van der Waals surface area contributed by atoms with E-state index in [4.69, 9.17) is 0 Å². The van der Waals surface area contributed by atoms with Crippen molar-refractivity contribution >= 4 is 22.4 Å². The summed E-state index contributed by atoms with van der Waals surface area (Å²) >= 11 is 1.53. The molecule has 1 unspecified atom stereocenters. The molecule has 1 amide bonds. The number of aryl methyl sites for hydroxylation is 1. The Morgan fingerprint density at radius 3 is 2.88 bits per heavy atom. The molecule has 1 fully saturated rings. The van der Waals surface area contributed by atoms with Crippen LogP contribution in [0.15, 0.2) is 0 Å². The molecule has 1 aromatic heterocycles. The van der Waals surface area contributed by atoms with E-state index >= 15 is 0 Å². The van der Waals surface area contributed by atoms with Crippen LogP contribution in [0.4, 0.5) is 5.13 Å². The maximum Gasteiger partial charge on any atom is 0.246 e. The van der Waals surface area contributed by atoms with Crippen LogP contribution in [0.5, 0.6) is 0 Å². The van der Waals surface area contributed by atoms with Crippen molar-refractivity contribution in [2.24, 2.45) is 0 Å². The van der Waals surface area contributed by atoms with Crippen LogP contribution in [-0.4, -0.2) is 60.8 Å². The van der Waals surface area contributed by atoms with Gasteiger partial charge in [0.1, 0.15) is 11.0 Å². The largest absolute Gasteiger partial charge is 0.347 e. The number of anilines is 1. The molecule has 7 heteroatoms. The standard InChI is InChI=1S/C10H17N5OS/c1-7-12-13-10(17-7)15-5-4-11-6-8(15)9(16)14(2)3/h8,11H,4-6H2,1-3H3. The Hall–Kier alpha value is -1.21. The Bertz CT molecular complexity index is 405. The third-order valence-electron chi connectivity index (χ3n) is 2.73. The maximum atomic E-state index is 12.1. The first-order chi connectivity index (χ1) is 8.09. The van der Waals surface area contributed by atoms with Gasteiger partial charge >= 0.3 is 0 Å². The van der Waals surface area contributed by atoms with Crippen molar-refractivity contribution in [1.82, 2.24) is 20.4 Å². The highest BCUT2D eigenvalue weighted by molar-refractivity contribution is 7.15. The average Bonchev–Trinajstić information content (AvgIpc) is 2.74. The number of piperazine rings is 1. The van der Waals surface area contributed by atoms with Gasteiger partial charge < -0.3 is 15.1 Å². The predicted octanol–water partition coefficient (Wildman–Crippen LogP) is -0.287. The molecule has 1 atom stereocenters. The second-order valence-electron chi connectivity index (χ2n) is 4.25. The van der Waals surface area contributed by atoms with Crippen LogP contribution in [0.1, 0.15) is 5.01 Å². The number of hydrogen-bond acceptors (Lipinski definition) is 6. The van der Waals surface area contributed by atoms with E-state index in [1.165, 1.54) is 11.3 Å². The van der Waals surface area contributed by atoms with Gasteiger partial charge in [0.25, 0.3) is 0 Å². The number of likely N-dealkylation sites (N-methyl/N-ethyl adjacent to an activating group) is 1. The van der Waals surface area contributed by atoms with Crippen LogP contribution in [0, 0.1) is 6.92 Å². The summed E-state index contributed by atoms with van der Waals surface area (Å²) in [6.07, 6.45) is 0. The topological polar surface area (TPSA) is 61.4 Å². The van der Waals surface area contributed by atoms with E-state index in [1.54, 1.807) is 19.0 Å². The Kier molecular flexibility index (Phi) is 3.58. The Balaban J connectivity index is 2.20. The molecule has 1 N–H and O–H groups in total. The van der Waals surface area contributed by atoms with Gasteiger partial charge in [-0.3, -0.25) is 4.79 Å². The summed E-state index contributed by atoms with van der Waals surface area (Å²) in [6, 6.07) is -0.175. The number of aromatic nitrogens is 2. The van der Waals surface area contributed by atoms with Gasteiger partial charge in [0.05, 0.1) is 0 Å². The number of hydrogen-bond donors (Lipinski definition) is 1. The number of carbonyl (C=O) groups is 1. The van der Waals surface area contributed by atoms with Crippen molar-refractivity contribution in [3.8, 4) is 0 Å². The summed E-state index contributed by atoms with van der Waals surface area (Å²) in [6.45, 7) is 4.25. The van der Waals surface area contributed by atoms with Crippen LogP contribution >= 0.6 is 11.3 Å².